The number of halogens is 4. The fraction of sp³-hybridized carbons (Fsp3) is 0.667. The SMILES string of the molecule is CCCCCC1CCC(C(F)(F)Oc2ccc(F)c(F)c2)CC1. The maximum absolute atomic E-state index is 14.2. The highest BCUT2D eigenvalue weighted by Gasteiger charge is 2.43. The van der Waals surface area contributed by atoms with Crippen LogP contribution in [0.3, 0.4) is 0 Å². The third-order valence-electron chi connectivity index (χ3n) is 4.68. The molecule has 0 N–H and O–H groups in total. The summed E-state index contributed by atoms with van der Waals surface area (Å²) in [5.74, 6) is -2.93. The molecule has 0 atom stereocenters. The second-order valence-electron chi connectivity index (χ2n) is 6.45. The van der Waals surface area contributed by atoms with Crippen molar-refractivity contribution in [3.05, 3.63) is 29.8 Å². The van der Waals surface area contributed by atoms with Crippen LogP contribution in [0.25, 0.3) is 0 Å². The third kappa shape index (κ3) is 5.11. The summed E-state index contributed by atoms with van der Waals surface area (Å²) in [4.78, 5) is 0. The summed E-state index contributed by atoms with van der Waals surface area (Å²) in [6.45, 7) is 2.15. The summed E-state index contributed by atoms with van der Waals surface area (Å²) in [5, 5.41) is 0. The molecule has 0 bridgehead atoms. The summed E-state index contributed by atoms with van der Waals surface area (Å²) in [6, 6.07) is 2.49. The molecule has 1 aliphatic rings. The van der Waals surface area contributed by atoms with Gasteiger partial charge in [0.1, 0.15) is 5.75 Å². The minimum atomic E-state index is -3.35. The highest BCUT2D eigenvalue weighted by Crippen LogP contribution is 2.41. The molecule has 1 nitrogen and oxygen atoms in total. The van der Waals surface area contributed by atoms with Crippen LogP contribution in [0.2, 0.25) is 0 Å². The van der Waals surface area contributed by atoms with Crippen LogP contribution in [0.5, 0.6) is 5.75 Å². The van der Waals surface area contributed by atoms with Gasteiger partial charge in [-0.3, -0.25) is 0 Å². The molecule has 1 aromatic rings. The molecule has 0 unspecified atom stereocenters. The first kappa shape index (κ1) is 18.1. The predicted octanol–water partition coefficient (Wildman–Crippen LogP) is 6.32. The molecule has 130 valence electrons. The van der Waals surface area contributed by atoms with Crippen molar-refractivity contribution >= 4 is 0 Å². The third-order valence-corrected chi connectivity index (χ3v) is 4.68. The Morgan fingerprint density at radius 2 is 1.74 bits per heavy atom. The average Bonchev–Trinajstić information content (AvgIpc) is 2.51. The molecule has 0 amide bonds. The zero-order chi connectivity index (χ0) is 16.9. The first-order chi connectivity index (χ1) is 10.9. The van der Waals surface area contributed by atoms with Crippen molar-refractivity contribution in [3.8, 4) is 5.75 Å². The van der Waals surface area contributed by atoms with E-state index < -0.39 is 23.7 Å². The normalized spacial score (nSPS) is 22.1. The van der Waals surface area contributed by atoms with Crippen molar-refractivity contribution in [3.63, 3.8) is 0 Å². The summed E-state index contributed by atoms with van der Waals surface area (Å²) in [5.41, 5.74) is 0. The standard InChI is InChI=1S/C18H24F4O/c1-2-3-4-5-13-6-8-14(9-7-13)18(21,22)23-15-10-11-16(19)17(20)12-15/h10-14H,2-9H2,1H3. The number of hydrogen-bond donors (Lipinski definition) is 0. The zero-order valence-corrected chi connectivity index (χ0v) is 13.5. The van der Waals surface area contributed by atoms with E-state index in [2.05, 4.69) is 11.7 Å². The van der Waals surface area contributed by atoms with Crippen molar-refractivity contribution < 1.29 is 22.3 Å². The Labute approximate surface area is 135 Å². The molecule has 1 fully saturated rings. The average molecular weight is 332 g/mol. The summed E-state index contributed by atoms with van der Waals surface area (Å²) >= 11 is 0. The summed E-state index contributed by atoms with van der Waals surface area (Å²) in [7, 11) is 0. The van der Waals surface area contributed by atoms with Crippen LogP contribution >= 0.6 is 0 Å². The number of rotatable bonds is 7. The lowest BCUT2D eigenvalue weighted by atomic mass is 9.79. The van der Waals surface area contributed by atoms with E-state index in [1.807, 2.05) is 0 Å². The lowest BCUT2D eigenvalue weighted by Crippen LogP contribution is -2.37. The van der Waals surface area contributed by atoms with Crippen molar-refractivity contribution in [2.75, 3.05) is 0 Å². The van der Waals surface area contributed by atoms with Gasteiger partial charge in [0.15, 0.2) is 11.6 Å². The molecule has 0 spiro atoms. The maximum Gasteiger partial charge on any atom is 0.400 e. The molecule has 23 heavy (non-hydrogen) atoms. The number of benzene rings is 1. The van der Waals surface area contributed by atoms with Crippen LogP contribution in [0.15, 0.2) is 18.2 Å². The van der Waals surface area contributed by atoms with Gasteiger partial charge in [-0.1, -0.05) is 32.6 Å². The molecule has 0 aliphatic heterocycles. The van der Waals surface area contributed by atoms with Gasteiger partial charge in [0.05, 0.1) is 5.92 Å². The van der Waals surface area contributed by atoms with Crippen LogP contribution < -0.4 is 4.74 Å². The Morgan fingerprint density at radius 3 is 2.35 bits per heavy atom. The minimum absolute atomic E-state index is 0.334. The second kappa shape index (κ2) is 8.02. The molecular formula is C18H24F4O. The Bertz CT molecular complexity index is 496. The van der Waals surface area contributed by atoms with Crippen molar-refractivity contribution in [1.82, 2.24) is 0 Å². The van der Waals surface area contributed by atoms with E-state index in [1.165, 1.54) is 6.42 Å². The zero-order valence-electron chi connectivity index (χ0n) is 13.5. The topological polar surface area (TPSA) is 9.23 Å². The largest absolute Gasteiger partial charge is 0.432 e. The Morgan fingerprint density at radius 1 is 1.04 bits per heavy atom. The van der Waals surface area contributed by atoms with Gasteiger partial charge in [0, 0.05) is 6.07 Å². The second-order valence-corrected chi connectivity index (χ2v) is 6.45. The fourth-order valence-electron chi connectivity index (χ4n) is 3.25. The molecule has 1 aromatic carbocycles. The van der Waals surface area contributed by atoms with Crippen LogP contribution in [0, 0.1) is 23.5 Å². The van der Waals surface area contributed by atoms with Crippen LogP contribution in [-0.4, -0.2) is 6.11 Å². The van der Waals surface area contributed by atoms with Crippen LogP contribution in [0.4, 0.5) is 17.6 Å². The van der Waals surface area contributed by atoms with Crippen molar-refractivity contribution in [2.45, 2.75) is 64.4 Å². The smallest absolute Gasteiger partial charge is 0.400 e. The van der Waals surface area contributed by atoms with Gasteiger partial charge in [-0.05, 0) is 43.7 Å². The maximum atomic E-state index is 14.2. The summed E-state index contributed by atoms with van der Waals surface area (Å²) in [6.07, 6.45) is 3.66. The number of alkyl halides is 2. The number of ether oxygens (including phenoxy) is 1. The van der Waals surface area contributed by atoms with E-state index in [1.54, 1.807) is 0 Å². The first-order valence-corrected chi connectivity index (χ1v) is 8.44. The minimum Gasteiger partial charge on any atom is -0.432 e. The molecule has 1 saturated carbocycles. The molecule has 5 heteroatoms. The monoisotopic (exact) mass is 332 g/mol. The predicted molar refractivity (Wildman–Crippen MR) is 81.5 cm³/mol. The quantitative estimate of drug-likeness (QED) is 0.419. The lowest BCUT2D eigenvalue weighted by Gasteiger charge is -2.33. The molecule has 0 heterocycles. The van der Waals surface area contributed by atoms with E-state index in [9.17, 15) is 17.6 Å². The van der Waals surface area contributed by atoms with Gasteiger partial charge in [-0.15, -0.1) is 0 Å². The van der Waals surface area contributed by atoms with Gasteiger partial charge in [-0.2, -0.15) is 8.78 Å². The Balaban J connectivity index is 1.87. The Kier molecular flexibility index (Phi) is 6.31. The van der Waals surface area contributed by atoms with E-state index in [4.69, 9.17) is 0 Å². The van der Waals surface area contributed by atoms with E-state index >= 15 is 0 Å². The van der Waals surface area contributed by atoms with Crippen molar-refractivity contribution in [2.24, 2.45) is 11.8 Å². The number of unbranched alkanes of at least 4 members (excludes halogenated alkanes) is 2. The van der Waals surface area contributed by atoms with E-state index in [-0.39, 0.29) is 5.75 Å². The molecule has 2 rings (SSSR count). The highest BCUT2D eigenvalue weighted by molar-refractivity contribution is 5.24. The Hall–Kier alpha value is -1.26. The van der Waals surface area contributed by atoms with Gasteiger partial charge in [0.25, 0.3) is 0 Å². The van der Waals surface area contributed by atoms with Crippen LogP contribution in [-0.2, 0) is 0 Å². The fourth-order valence-corrected chi connectivity index (χ4v) is 3.25. The molecule has 0 saturated heterocycles. The summed E-state index contributed by atoms with van der Waals surface area (Å²) < 4.78 is 59.1. The van der Waals surface area contributed by atoms with E-state index in [0.29, 0.717) is 24.8 Å². The van der Waals surface area contributed by atoms with E-state index in [0.717, 1.165) is 44.2 Å². The molecule has 0 aromatic heterocycles. The van der Waals surface area contributed by atoms with Crippen LogP contribution in [0.1, 0.15) is 58.3 Å². The van der Waals surface area contributed by atoms with Gasteiger partial charge in [-0.25, -0.2) is 8.78 Å². The number of hydrogen-bond acceptors (Lipinski definition) is 1. The molecule has 1 aliphatic carbocycles. The van der Waals surface area contributed by atoms with Gasteiger partial charge >= 0.3 is 6.11 Å². The van der Waals surface area contributed by atoms with Gasteiger partial charge < -0.3 is 4.74 Å². The lowest BCUT2D eigenvalue weighted by molar-refractivity contribution is -0.223. The molecule has 0 radical (unpaired) electrons. The first-order valence-electron chi connectivity index (χ1n) is 8.44. The van der Waals surface area contributed by atoms with Gasteiger partial charge in [0.2, 0.25) is 0 Å². The molecular weight excluding hydrogens is 308 g/mol. The van der Waals surface area contributed by atoms with Crippen molar-refractivity contribution in [1.29, 1.82) is 0 Å². The highest BCUT2D eigenvalue weighted by atomic mass is 19.3.